The normalized spacial score (nSPS) is 18.1. The van der Waals surface area contributed by atoms with Gasteiger partial charge in [-0.1, -0.05) is 75.9 Å². The van der Waals surface area contributed by atoms with E-state index in [1.165, 1.54) is 39.3 Å². The van der Waals surface area contributed by atoms with Gasteiger partial charge in [-0.05, 0) is 59.1 Å². The molecule has 2 aliphatic rings. The Hall–Kier alpha value is -2.65. The van der Waals surface area contributed by atoms with Crippen molar-refractivity contribution in [3.8, 4) is 0 Å². The molecule has 0 saturated heterocycles. The molecule has 31 heavy (non-hydrogen) atoms. The van der Waals surface area contributed by atoms with Crippen molar-refractivity contribution in [3.05, 3.63) is 88.5 Å². The Labute approximate surface area is 188 Å². The number of para-hydroxylation sites is 1. The molecule has 156 valence electrons. The zero-order chi connectivity index (χ0) is 21.8. The maximum Gasteiger partial charge on any atom is 0.150 e. The van der Waals surface area contributed by atoms with E-state index in [0.29, 0.717) is 5.56 Å². The van der Waals surface area contributed by atoms with Gasteiger partial charge in [-0.3, -0.25) is 4.79 Å². The van der Waals surface area contributed by atoms with Crippen LogP contribution in [0.4, 0.5) is 5.69 Å². The van der Waals surface area contributed by atoms with E-state index in [1.807, 2.05) is 42.1 Å². The van der Waals surface area contributed by atoms with E-state index in [1.54, 1.807) is 0 Å². The maximum atomic E-state index is 11.2. The lowest BCUT2D eigenvalue weighted by atomic mass is 9.63. The molecule has 0 N–H and O–H groups in total. The van der Waals surface area contributed by atoms with Crippen molar-refractivity contribution in [2.45, 2.75) is 61.2 Å². The van der Waals surface area contributed by atoms with E-state index < -0.39 is 0 Å². The van der Waals surface area contributed by atoms with Crippen molar-refractivity contribution in [1.82, 2.24) is 0 Å². The van der Waals surface area contributed by atoms with Crippen molar-refractivity contribution >= 4 is 29.4 Å². The Morgan fingerprint density at radius 3 is 2.16 bits per heavy atom. The average Bonchev–Trinajstić information content (AvgIpc) is 2.92. The molecule has 0 atom stereocenters. The summed E-state index contributed by atoms with van der Waals surface area (Å²) in [6.07, 6.45) is 3.26. The van der Waals surface area contributed by atoms with Crippen LogP contribution in [0.3, 0.4) is 0 Å². The van der Waals surface area contributed by atoms with Crippen LogP contribution in [-0.2, 0) is 10.8 Å². The highest BCUT2D eigenvalue weighted by Gasteiger charge is 2.38. The Morgan fingerprint density at radius 2 is 1.48 bits per heavy atom. The lowest BCUT2D eigenvalue weighted by Crippen LogP contribution is -2.34. The standard InChI is InChI=1S/C28H27NOS/c1-27(2)13-14-28(3,4)22-16-25-20(15-21(22)27)26(19-11-9-18(17-30)10-12-19)29-23-7-5-6-8-24(23)31-25/h5-12,15-17H,13-14H2,1-4H3. The lowest BCUT2D eigenvalue weighted by molar-refractivity contribution is 0.112. The van der Waals surface area contributed by atoms with Gasteiger partial charge in [0.1, 0.15) is 6.29 Å². The minimum absolute atomic E-state index is 0.135. The summed E-state index contributed by atoms with van der Waals surface area (Å²) in [5.74, 6) is 0. The number of hydrogen-bond acceptors (Lipinski definition) is 3. The predicted molar refractivity (Wildman–Crippen MR) is 129 cm³/mol. The summed E-state index contributed by atoms with van der Waals surface area (Å²) in [6.45, 7) is 9.47. The minimum Gasteiger partial charge on any atom is -0.298 e. The molecule has 5 rings (SSSR count). The van der Waals surface area contributed by atoms with Crippen LogP contribution < -0.4 is 0 Å². The van der Waals surface area contributed by atoms with Crippen molar-refractivity contribution in [2.75, 3.05) is 0 Å². The Bertz CT molecular complexity index is 1220. The summed E-state index contributed by atoms with van der Waals surface area (Å²) in [4.78, 5) is 18.8. The molecule has 0 unspecified atom stereocenters. The summed E-state index contributed by atoms with van der Waals surface area (Å²) in [7, 11) is 0. The molecule has 0 fully saturated rings. The van der Waals surface area contributed by atoms with Crippen LogP contribution >= 0.6 is 11.8 Å². The zero-order valence-electron chi connectivity index (χ0n) is 18.5. The summed E-state index contributed by atoms with van der Waals surface area (Å²) in [5, 5.41) is 0. The molecule has 2 nitrogen and oxygen atoms in total. The fourth-order valence-electron chi connectivity index (χ4n) is 4.74. The van der Waals surface area contributed by atoms with E-state index >= 15 is 0 Å². The molecule has 3 heteroatoms. The number of aliphatic imine (C=N–C) groups is 1. The zero-order valence-corrected chi connectivity index (χ0v) is 19.3. The van der Waals surface area contributed by atoms with Crippen LogP contribution in [0.25, 0.3) is 0 Å². The molecule has 3 aromatic carbocycles. The number of aldehydes is 1. The van der Waals surface area contributed by atoms with Gasteiger partial charge in [-0.2, -0.15) is 0 Å². The second-order valence-electron chi connectivity index (χ2n) is 9.93. The summed E-state index contributed by atoms with van der Waals surface area (Å²) < 4.78 is 0. The van der Waals surface area contributed by atoms with Gasteiger partial charge in [0.15, 0.2) is 0 Å². The Balaban J connectivity index is 1.79. The van der Waals surface area contributed by atoms with E-state index in [2.05, 4.69) is 58.0 Å². The van der Waals surface area contributed by atoms with Gasteiger partial charge in [-0.25, -0.2) is 4.99 Å². The first-order valence-corrected chi connectivity index (χ1v) is 11.7. The van der Waals surface area contributed by atoms with Crippen LogP contribution in [0.15, 0.2) is 75.4 Å². The van der Waals surface area contributed by atoms with E-state index in [0.717, 1.165) is 23.2 Å². The molecule has 0 saturated carbocycles. The number of carbonyl (C=O) groups excluding carboxylic acids is 1. The number of benzene rings is 3. The highest BCUT2D eigenvalue weighted by molar-refractivity contribution is 7.99. The number of nitrogens with zero attached hydrogens (tertiary/aromatic N) is 1. The van der Waals surface area contributed by atoms with Gasteiger partial charge in [0.25, 0.3) is 0 Å². The first-order valence-electron chi connectivity index (χ1n) is 10.9. The Morgan fingerprint density at radius 1 is 0.839 bits per heavy atom. The fraction of sp³-hybridized carbons (Fsp3) is 0.286. The second-order valence-corrected chi connectivity index (χ2v) is 11.0. The summed E-state index contributed by atoms with van der Waals surface area (Å²) in [5.41, 5.74) is 8.08. The SMILES string of the molecule is CC1(C)CCC(C)(C)c2cc3c(cc21)Sc1ccccc1N=C3c1ccc(C=O)cc1. The smallest absolute Gasteiger partial charge is 0.150 e. The van der Waals surface area contributed by atoms with Crippen molar-refractivity contribution < 1.29 is 4.79 Å². The highest BCUT2D eigenvalue weighted by atomic mass is 32.2. The molecule has 0 spiro atoms. The van der Waals surface area contributed by atoms with Gasteiger partial charge >= 0.3 is 0 Å². The third-order valence-electron chi connectivity index (χ3n) is 6.85. The first-order chi connectivity index (χ1) is 14.8. The maximum absolute atomic E-state index is 11.2. The van der Waals surface area contributed by atoms with Crippen molar-refractivity contribution in [3.63, 3.8) is 0 Å². The van der Waals surface area contributed by atoms with Crippen LogP contribution in [0.2, 0.25) is 0 Å². The van der Waals surface area contributed by atoms with Crippen molar-refractivity contribution in [1.29, 1.82) is 0 Å². The predicted octanol–water partition coefficient (Wildman–Crippen LogP) is 7.48. The third-order valence-corrected chi connectivity index (χ3v) is 7.97. The quantitative estimate of drug-likeness (QED) is 0.312. The monoisotopic (exact) mass is 425 g/mol. The topological polar surface area (TPSA) is 29.4 Å². The van der Waals surface area contributed by atoms with Gasteiger partial charge in [0, 0.05) is 26.5 Å². The van der Waals surface area contributed by atoms with Crippen LogP contribution in [0, 0.1) is 0 Å². The highest BCUT2D eigenvalue weighted by Crippen LogP contribution is 2.50. The fourth-order valence-corrected chi connectivity index (χ4v) is 5.78. The number of fused-ring (bicyclic) bond motifs is 3. The lowest BCUT2D eigenvalue weighted by Gasteiger charge is -2.42. The van der Waals surface area contributed by atoms with E-state index in [9.17, 15) is 4.79 Å². The number of hydrogen-bond donors (Lipinski definition) is 0. The average molecular weight is 426 g/mol. The van der Waals surface area contributed by atoms with Gasteiger partial charge in [0.05, 0.1) is 11.4 Å². The molecule has 1 aliphatic heterocycles. The van der Waals surface area contributed by atoms with Gasteiger partial charge in [0.2, 0.25) is 0 Å². The van der Waals surface area contributed by atoms with Crippen molar-refractivity contribution in [2.24, 2.45) is 4.99 Å². The summed E-state index contributed by atoms with van der Waals surface area (Å²) >= 11 is 1.81. The minimum atomic E-state index is 0.135. The first kappa shape index (κ1) is 20.3. The second kappa shape index (κ2) is 7.20. The van der Waals surface area contributed by atoms with Gasteiger partial charge < -0.3 is 0 Å². The molecule has 0 bridgehead atoms. The van der Waals surface area contributed by atoms with Crippen LogP contribution in [-0.4, -0.2) is 12.0 Å². The van der Waals surface area contributed by atoms with E-state index in [-0.39, 0.29) is 10.8 Å². The largest absolute Gasteiger partial charge is 0.298 e. The molecular formula is C28H27NOS. The molecule has 1 aliphatic carbocycles. The molecule has 0 amide bonds. The molecule has 1 heterocycles. The number of carbonyl (C=O) groups is 1. The molecule has 0 radical (unpaired) electrons. The van der Waals surface area contributed by atoms with E-state index in [4.69, 9.17) is 4.99 Å². The molecular weight excluding hydrogens is 398 g/mol. The van der Waals surface area contributed by atoms with Gasteiger partial charge in [-0.15, -0.1) is 0 Å². The Kier molecular flexibility index (Phi) is 4.71. The molecule has 3 aromatic rings. The number of rotatable bonds is 2. The summed E-state index contributed by atoms with van der Waals surface area (Å²) in [6, 6.07) is 21.0. The van der Waals surface area contributed by atoms with Crippen LogP contribution in [0.5, 0.6) is 0 Å². The molecule has 0 aromatic heterocycles. The van der Waals surface area contributed by atoms with Crippen LogP contribution in [0.1, 0.15) is 73.1 Å². The third kappa shape index (κ3) is 3.45.